The van der Waals surface area contributed by atoms with E-state index in [1.165, 1.54) is 5.56 Å². The minimum atomic E-state index is -0.0563. The van der Waals surface area contributed by atoms with Crippen molar-refractivity contribution in [1.29, 1.82) is 0 Å². The van der Waals surface area contributed by atoms with Crippen LogP contribution in [0, 0.1) is 20.8 Å². The number of fused-ring (bicyclic) bond motifs is 1. The van der Waals surface area contributed by atoms with Crippen LogP contribution in [-0.2, 0) is 7.05 Å². The van der Waals surface area contributed by atoms with Crippen molar-refractivity contribution in [2.24, 2.45) is 7.05 Å². The van der Waals surface area contributed by atoms with Gasteiger partial charge in [0, 0.05) is 30.8 Å². The zero-order chi connectivity index (χ0) is 17.4. The Hall–Kier alpha value is -2.01. The molecule has 126 valence electrons. The summed E-state index contributed by atoms with van der Waals surface area (Å²) in [6.07, 6.45) is 2.33. The Bertz CT molecular complexity index is 873. The van der Waals surface area contributed by atoms with E-state index in [0.717, 1.165) is 27.1 Å². The number of halogens is 1. The number of benzene rings is 1. The first kappa shape index (κ1) is 16.8. The molecule has 3 rings (SSSR count). The van der Waals surface area contributed by atoms with Gasteiger partial charge in [-0.15, -0.1) is 0 Å². The van der Waals surface area contributed by atoms with Crippen molar-refractivity contribution in [3.63, 3.8) is 0 Å². The molecule has 5 heteroatoms. The van der Waals surface area contributed by atoms with E-state index in [4.69, 9.17) is 9.47 Å². The molecular weight excluding hydrogens is 370 g/mol. The van der Waals surface area contributed by atoms with Gasteiger partial charge in [0.25, 0.3) is 5.56 Å². The molecule has 0 unspecified atom stereocenters. The summed E-state index contributed by atoms with van der Waals surface area (Å²) >= 11 is 3.55. The third-order valence-corrected chi connectivity index (χ3v) is 4.87. The van der Waals surface area contributed by atoms with Crippen LogP contribution in [0.25, 0.3) is 5.57 Å². The standard InChI is InChI=1S/C19H20BrNO3/c1-11-7-12(2)18(15(20)8-11)24-10-14-5-6-23-16-9-13(3)21(4)19(22)17(14)16/h7-10H,5-6H2,1-4H3/b14-10+. The second kappa shape index (κ2) is 6.48. The molecule has 0 bridgehead atoms. The molecule has 0 atom stereocenters. The highest BCUT2D eigenvalue weighted by atomic mass is 79.9. The number of ether oxygens (including phenoxy) is 2. The second-order valence-electron chi connectivity index (χ2n) is 6.14. The van der Waals surface area contributed by atoms with Crippen LogP contribution >= 0.6 is 15.9 Å². The summed E-state index contributed by atoms with van der Waals surface area (Å²) in [7, 11) is 1.77. The Morgan fingerprint density at radius 3 is 2.71 bits per heavy atom. The molecule has 1 aromatic heterocycles. The summed E-state index contributed by atoms with van der Waals surface area (Å²) in [5.74, 6) is 1.40. The molecular formula is C19H20BrNO3. The van der Waals surface area contributed by atoms with Crippen molar-refractivity contribution < 1.29 is 9.47 Å². The van der Waals surface area contributed by atoms with Gasteiger partial charge in [-0.1, -0.05) is 6.07 Å². The maximum Gasteiger partial charge on any atom is 0.261 e. The average molecular weight is 390 g/mol. The van der Waals surface area contributed by atoms with E-state index in [1.807, 2.05) is 32.9 Å². The third kappa shape index (κ3) is 3.00. The molecule has 0 fully saturated rings. The minimum Gasteiger partial charge on any atom is -0.492 e. The SMILES string of the molecule is Cc1cc(C)c(O/C=C2\CCOc3cc(C)n(C)c(=O)c32)c(Br)c1. The second-order valence-corrected chi connectivity index (χ2v) is 7.00. The van der Waals surface area contributed by atoms with Crippen molar-refractivity contribution in [3.8, 4) is 11.5 Å². The van der Waals surface area contributed by atoms with E-state index in [1.54, 1.807) is 17.9 Å². The molecule has 0 aliphatic carbocycles. The van der Waals surface area contributed by atoms with Crippen LogP contribution in [-0.4, -0.2) is 11.2 Å². The van der Waals surface area contributed by atoms with E-state index in [-0.39, 0.29) is 5.56 Å². The van der Waals surface area contributed by atoms with E-state index in [0.29, 0.717) is 24.3 Å². The van der Waals surface area contributed by atoms with E-state index >= 15 is 0 Å². The smallest absolute Gasteiger partial charge is 0.261 e. The largest absolute Gasteiger partial charge is 0.492 e. The molecule has 24 heavy (non-hydrogen) atoms. The monoisotopic (exact) mass is 389 g/mol. The first-order valence-electron chi connectivity index (χ1n) is 7.84. The molecule has 0 saturated carbocycles. The Kier molecular flexibility index (Phi) is 4.54. The van der Waals surface area contributed by atoms with Crippen molar-refractivity contribution >= 4 is 21.5 Å². The van der Waals surface area contributed by atoms with Gasteiger partial charge in [-0.2, -0.15) is 0 Å². The topological polar surface area (TPSA) is 40.5 Å². The Labute approximate surface area is 149 Å². The Morgan fingerprint density at radius 2 is 2.00 bits per heavy atom. The van der Waals surface area contributed by atoms with Crippen molar-refractivity contribution in [3.05, 3.63) is 61.7 Å². The zero-order valence-corrected chi connectivity index (χ0v) is 15.9. The molecule has 0 saturated heterocycles. The molecule has 0 N–H and O–H groups in total. The Morgan fingerprint density at radius 1 is 1.25 bits per heavy atom. The number of aromatic nitrogens is 1. The lowest BCUT2D eigenvalue weighted by Gasteiger charge is -2.21. The lowest BCUT2D eigenvalue weighted by Crippen LogP contribution is -2.26. The highest BCUT2D eigenvalue weighted by molar-refractivity contribution is 9.10. The molecule has 1 aromatic carbocycles. The fourth-order valence-electron chi connectivity index (χ4n) is 2.90. The molecule has 0 radical (unpaired) electrons. The third-order valence-electron chi connectivity index (χ3n) is 4.28. The summed E-state index contributed by atoms with van der Waals surface area (Å²) in [5, 5.41) is 0. The van der Waals surface area contributed by atoms with Crippen LogP contribution in [0.3, 0.4) is 0 Å². The number of hydrogen-bond donors (Lipinski definition) is 0. The summed E-state index contributed by atoms with van der Waals surface area (Å²) in [6, 6.07) is 5.98. The fourth-order valence-corrected chi connectivity index (χ4v) is 3.66. The maximum atomic E-state index is 12.6. The van der Waals surface area contributed by atoms with Crippen molar-refractivity contribution in [2.75, 3.05) is 6.61 Å². The lowest BCUT2D eigenvalue weighted by molar-refractivity contribution is 0.312. The number of pyridine rings is 1. The van der Waals surface area contributed by atoms with E-state index < -0.39 is 0 Å². The predicted octanol–water partition coefficient (Wildman–Crippen LogP) is 4.28. The zero-order valence-electron chi connectivity index (χ0n) is 14.3. The van der Waals surface area contributed by atoms with Crippen LogP contribution in [0.2, 0.25) is 0 Å². The van der Waals surface area contributed by atoms with Gasteiger partial charge in [0.2, 0.25) is 0 Å². The Balaban J connectivity index is 2.03. The fraction of sp³-hybridized carbons (Fsp3) is 0.316. The van der Waals surface area contributed by atoms with Crippen LogP contribution in [0.4, 0.5) is 0 Å². The van der Waals surface area contributed by atoms with Gasteiger partial charge in [0.05, 0.1) is 22.9 Å². The molecule has 4 nitrogen and oxygen atoms in total. The van der Waals surface area contributed by atoms with Crippen molar-refractivity contribution in [1.82, 2.24) is 4.57 Å². The van der Waals surface area contributed by atoms with Gasteiger partial charge in [-0.05, 0) is 53.9 Å². The first-order valence-corrected chi connectivity index (χ1v) is 8.64. The highest BCUT2D eigenvalue weighted by Gasteiger charge is 2.21. The maximum absolute atomic E-state index is 12.6. The van der Waals surface area contributed by atoms with Crippen LogP contribution in [0.15, 0.2) is 33.7 Å². The molecule has 1 aliphatic heterocycles. The molecule has 2 aromatic rings. The molecule has 0 spiro atoms. The quantitative estimate of drug-likeness (QED) is 0.719. The summed E-state index contributed by atoms with van der Waals surface area (Å²) in [6.45, 7) is 6.49. The van der Waals surface area contributed by atoms with Crippen LogP contribution in [0.1, 0.15) is 28.8 Å². The van der Waals surface area contributed by atoms with E-state index in [2.05, 4.69) is 22.0 Å². The number of aryl methyl sites for hydroxylation is 3. The molecule has 2 heterocycles. The van der Waals surface area contributed by atoms with Gasteiger partial charge in [-0.25, -0.2) is 0 Å². The number of hydrogen-bond acceptors (Lipinski definition) is 3. The van der Waals surface area contributed by atoms with Gasteiger partial charge in [-0.3, -0.25) is 4.79 Å². The van der Waals surface area contributed by atoms with Crippen LogP contribution < -0.4 is 15.0 Å². The lowest BCUT2D eigenvalue weighted by atomic mass is 10.0. The van der Waals surface area contributed by atoms with Crippen molar-refractivity contribution in [2.45, 2.75) is 27.2 Å². The summed E-state index contributed by atoms with van der Waals surface area (Å²) < 4.78 is 14.1. The minimum absolute atomic E-state index is 0.0563. The first-order chi connectivity index (χ1) is 11.4. The van der Waals surface area contributed by atoms with E-state index in [9.17, 15) is 4.79 Å². The van der Waals surface area contributed by atoms with Gasteiger partial charge in [0.15, 0.2) is 0 Å². The number of nitrogens with zero attached hydrogens (tertiary/aromatic N) is 1. The molecule has 0 amide bonds. The summed E-state index contributed by atoms with van der Waals surface area (Å²) in [5.41, 5.74) is 4.49. The predicted molar refractivity (Wildman–Crippen MR) is 98.8 cm³/mol. The number of rotatable bonds is 2. The highest BCUT2D eigenvalue weighted by Crippen LogP contribution is 2.34. The average Bonchev–Trinajstić information content (AvgIpc) is 2.51. The normalized spacial score (nSPS) is 15.1. The van der Waals surface area contributed by atoms with Gasteiger partial charge < -0.3 is 14.0 Å². The van der Waals surface area contributed by atoms with Gasteiger partial charge in [0.1, 0.15) is 11.5 Å². The molecule has 1 aliphatic rings. The van der Waals surface area contributed by atoms with Crippen LogP contribution in [0.5, 0.6) is 11.5 Å². The summed E-state index contributed by atoms with van der Waals surface area (Å²) in [4.78, 5) is 12.6. The van der Waals surface area contributed by atoms with Gasteiger partial charge >= 0.3 is 0 Å².